The maximum Gasteiger partial charge on any atom is 0.250 e. The van der Waals surface area contributed by atoms with E-state index in [1.165, 1.54) is 4.80 Å². The van der Waals surface area contributed by atoms with Gasteiger partial charge in [-0.15, -0.1) is 10.2 Å². The summed E-state index contributed by atoms with van der Waals surface area (Å²) in [5.41, 5.74) is 2.86. The van der Waals surface area contributed by atoms with Crippen LogP contribution < -0.4 is 4.90 Å². The second kappa shape index (κ2) is 7.04. The Labute approximate surface area is 140 Å². The maximum atomic E-state index is 12.6. The molecule has 0 radical (unpaired) electrons. The van der Waals surface area contributed by atoms with Crippen molar-refractivity contribution in [3.63, 3.8) is 0 Å². The number of amides is 1. The molecule has 0 fully saturated rings. The number of carbonyl (C=O) groups is 1. The molecule has 0 unspecified atom stereocenters. The molecule has 2 aromatic carbocycles. The fourth-order valence-corrected chi connectivity index (χ4v) is 2.56. The van der Waals surface area contributed by atoms with Crippen molar-refractivity contribution in [3.05, 3.63) is 60.2 Å². The minimum absolute atomic E-state index is 0.0572. The second-order valence-electron chi connectivity index (χ2n) is 5.43. The third-order valence-corrected chi connectivity index (χ3v) is 3.80. The first-order valence-corrected chi connectivity index (χ1v) is 7.88. The zero-order valence-corrected chi connectivity index (χ0v) is 13.8. The minimum Gasteiger partial charge on any atom is -0.311 e. The predicted molar refractivity (Wildman–Crippen MR) is 92.5 cm³/mol. The van der Waals surface area contributed by atoms with Gasteiger partial charge in [0.1, 0.15) is 6.54 Å². The topological polar surface area (TPSA) is 63.9 Å². The average Bonchev–Trinajstić information content (AvgIpc) is 3.05. The van der Waals surface area contributed by atoms with Crippen LogP contribution in [0.3, 0.4) is 0 Å². The SMILES string of the molecule is CCN(C(=O)Cn1nnc(-c2ccccc2C)n1)c1ccccc1. The van der Waals surface area contributed by atoms with Gasteiger partial charge in [-0.25, -0.2) is 0 Å². The molecule has 6 heteroatoms. The number of carbonyl (C=O) groups excluding carboxylic acids is 1. The van der Waals surface area contributed by atoms with Gasteiger partial charge in [-0.05, 0) is 36.8 Å². The molecule has 0 saturated heterocycles. The number of anilines is 1. The van der Waals surface area contributed by atoms with E-state index in [0.29, 0.717) is 12.4 Å². The van der Waals surface area contributed by atoms with Gasteiger partial charge in [0.2, 0.25) is 5.82 Å². The van der Waals surface area contributed by atoms with Crippen molar-refractivity contribution in [1.29, 1.82) is 0 Å². The van der Waals surface area contributed by atoms with Gasteiger partial charge < -0.3 is 4.90 Å². The van der Waals surface area contributed by atoms with Crippen LogP contribution in [0.25, 0.3) is 11.4 Å². The quantitative estimate of drug-likeness (QED) is 0.725. The standard InChI is InChI=1S/C18H19N5O/c1-3-22(15-10-5-4-6-11-15)17(24)13-23-20-18(19-21-23)16-12-8-7-9-14(16)2/h4-12H,3,13H2,1-2H3. The van der Waals surface area contributed by atoms with E-state index < -0.39 is 0 Å². The number of nitrogens with zero attached hydrogens (tertiary/aromatic N) is 5. The molecule has 1 heterocycles. The number of hydrogen-bond donors (Lipinski definition) is 0. The Kier molecular flexibility index (Phi) is 4.65. The Bertz CT molecular complexity index is 828. The Morgan fingerprint density at radius 1 is 1.08 bits per heavy atom. The summed E-state index contributed by atoms with van der Waals surface area (Å²) < 4.78 is 0. The van der Waals surface area contributed by atoms with Crippen molar-refractivity contribution in [3.8, 4) is 11.4 Å². The third-order valence-electron chi connectivity index (χ3n) is 3.80. The normalized spacial score (nSPS) is 10.6. The molecule has 3 aromatic rings. The molecular weight excluding hydrogens is 302 g/mol. The second-order valence-corrected chi connectivity index (χ2v) is 5.43. The van der Waals surface area contributed by atoms with Crippen LogP contribution in [0.4, 0.5) is 5.69 Å². The molecule has 0 atom stereocenters. The monoisotopic (exact) mass is 321 g/mol. The van der Waals surface area contributed by atoms with Gasteiger partial charge in [-0.1, -0.05) is 42.5 Å². The number of benzene rings is 2. The molecule has 6 nitrogen and oxygen atoms in total. The molecule has 1 amide bonds. The lowest BCUT2D eigenvalue weighted by atomic mass is 10.1. The van der Waals surface area contributed by atoms with Crippen molar-refractivity contribution >= 4 is 11.6 Å². The highest BCUT2D eigenvalue weighted by Gasteiger charge is 2.16. The van der Waals surface area contributed by atoms with Crippen molar-refractivity contribution in [2.75, 3.05) is 11.4 Å². The van der Waals surface area contributed by atoms with Crippen LogP contribution in [0.1, 0.15) is 12.5 Å². The largest absolute Gasteiger partial charge is 0.311 e. The number of aryl methyl sites for hydroxylation is 1. The summed E-state index contributed by atoms with van der Waals surface area (Å²) in [5.74, 6) is 0.459. The zero-order chi connectivity index (χ0) is 16.9. The first-order valence-electron chi connectivity index (χ1n) is 7.88. The summed E-state index contributed by atoms with van der Waals surface area (Å²) in [6.45, 7) is 4.58. The Balaban J connectivity index is 1.77. The van der Waals surface area contributed by atoms with Gasteiger partial charge in [0, 0.05) is 17.8 Å². The predicted octanol–water partition coefficient (Wildman–Crippen LogP) is 2.70. The highest BCUT2D eigenvalue weighted by molar-refractivity contribution is 5.92. The molecule has 0 aliphatic rings. The van der Waals surface area contributed by atoms with Crippen molar-refractivity contribution in [1.82, 2.24) is 20.2 Å². The molecule has 0 aliphatic carbocycles. The zero-order valence-electron chi connectivity index (χ0n) is 13.8. The van der Waals surface area contributed by atoms with E-state index in [1.54, 1.807) is 4.90 Å². The lowest BCUT2D eigenvalue weighted by molar-refractivity contribution is -0.119. The number of aromatic nitrogens is 4. The molecule has 24 heavy (non-hydrogen) atoms. The van der Waals surface area contributed by atoms with Gasteiger partial charge in [-0.3, -0.25) is 4.79 Å². The summed E-state index contributed by atoms with van der Waals surface area (Å²) in [6.07, 6.45) is 0. The lowest BCUT2D eigenvalue weighted by Crippen LogP contribution is -2.34. The first-order chi connectivity index (χ1) is 11.7. The summed E-state index contributed by atoms with van der Waals surface area (Å²) in [4.78, 5) is 15.6. The van der Waals surface area contributed by atoms with Crippen LogP contribution in [0, 0.1) is 6.92 Å². The van der Waals surface area contributed by atoms with Crippen LogP contribution in [0.2, 0.25) is 0 Å². The van der Waals surface area contributed by atoms with Crippen LogP contribution in [-0.4, -0.2) is 32.7 Å². The minimum atomic E-state index is -0.0718. The van der Waals surface area contributed by atoms with Crippen molar-refractivity contribution in [2.45, 2.75) is 20.4 Å². The summed E-state index contributed by atoms with van der Waals surface area (Å²) in [5, 5.41) is 12.4. The van der Waals surface area contributed by atoms with Crippen LogP contribution in [0.5, 0.6) is 0 Å². The number of likely N-dealkylation sites (N-methyl/N-ethyl adjacent to an activating group) is 1. The van der Waals surface area contributed by atoms with Crippen molar-refractivity contribution < 1.29 is 4.79 Å². The van der Waals surface area contributed by atoms with Gasteiger partial charge >= 0.3 is 0 Å². The number of tetrazole rings is 1. The average molecular weight is 321 g/mol. The van der Waals surface area contributed by atoms with E-state index in [2.05, 4.69) is 15.4 Å². The first kappa shape index (κ1) is 15.9. The van der Waals surface area contributed by atoms with E-state index in [-0.39, 0.29) is 12.5 Å². The molecule has 0 bridgehead atoms. The summed E-state index contributed by atoms with van der Waals surface area (Å²) in [6, 6.07) is 17.4. The van der Waals surface area contributed by atoms with E-state index in [9.17, 15) is 4.79 Å². The fourth-order valence-electron chi connectivity index (χ4n) is 2.56. The molecule has 3 rings (SSSR count). The molecule has 0 N–H and O–H groups in total. The van der Waals surface area contributed by atoms with Crippen molar-refractivity contribution in [2.24, 2.45) is 0 Å². The van der Waals surface area contributed by atoms with Gasteiger partial charge in [0.15, 0.2) is 0 Å². The number of hydrogen-bond acceptors (Lipinski definition) is 4. The van der Waals surface area contributed by atoms with Gasteiger partial charge in [0.25, 0.3) is 5.91 Å². The van der Waals surface area contributed by atoms with E-state index in [4.69, 9.17) is 0 Å². The Morgan fingerprint density at radius 3 is 2.50 bits per heavy atom. The summed E-state index contributed by atoms with van der Waals surface area (Å²) >= 11 is 0. The lowest BCUT2D eigenvalue weighted by Gasteiger charge is -2.20. The molecular formula is C18H19N5O. The van der Waals surface area contributed by atoms with Gasteiger partial charge in [-0.2, -0.15) is 4.80 Å². The van der Waals surface area contributed by atoms with E-state index in [1.807, 2.05) is 68.4 Å². The molecule has 0 aliphatic heterocycles. The Hall–Kier alpha value is -3.02. The third kappa shape index (κ3) is 3.32. The van der Waals surface area contributed by atoms with Crippen LogP contribution in [-0.2, 0) is 11.3 Å². The highest BCUT2D eigenvalue weighted by atomic mass is 16.2. The molecule has 0 spiro atoms. The fraction of sp³-hybridized carbons (Fsp3) is 0.222. The smallest absolute Gasteiger partial charge is 0.250 e. The number of para-hydroxylation sites is 1. The number of rotatable bonds is 5. The molecule has 122 valence electrons. The van der Waals surface area contributed by atoms with E-state index >= 15 is 0 Å². The van der Waals surface area contributed by atoms with Crippen LogP contribution >= 0.6 is 0 Å². The highest BCUT2D eigenvalue weighted by Crippen LogP contribution is 2.18. The maximum absolute atomic E-state index is 12.6. The van der Waals surface area contributed by atoms with Crippen LogP contribution in [0.15, 0.2) is 54.6 Å². The van der Waals surface area contributed by atoms with Gasteiger partial charge in [0.05, 0.1) is 0 Å². The van der Waals surface area contributed by atoms with E-state index in [0.717, 1.165) is 16.8 Å². The molecule has 1 aromatic heterocycles. The summed E-state index contributed by atoms with van der Waals surface area (Å²) in [7, 11) is 0. The Morgan fingerprint density at radius 2 is 1.79 bits per heavy atom. The molecule has 0 saturated carbocycles.